The van der Waals surface area contributed by atoms with E-state index in [2.05, 4.69) is 11.9 Å². The van der Waals surface area contributed by atoms with Gasteiger partial charge >= 0.3 is 5.97 Å². The molecule has 1 heterocycles. The molecule has 0 bridgehead atoms. The number of hydrogen-bond acceptors (Lipinski definition) is 5. The van der Waals surface area contributed by atoms with Crippen molar-refractivity contribution in [1.29, 1.82) is 5.26 Å². The largest absolute Gasteiger partial charge is 0.462 e. The summed E-state index contributed by atoms with van der Waals surface area (Å²) in [5.74, 6) is 0.116. The molecule has 0 radical (unpaired) electrons. The second-order valence-electron chi connectivity index (χ2n) is 3.79. The van der Waals surface area contributed by atoms with Crippen LogP contribution in [-0.2, 0) is 4.74 Å². The Morgan fingerprint density at radius 2 is 2.26 bits per heavy atom. The lowest BCUT2D eigenvalue weighted by atomic mass is 10.2. The van der Waals surface area contributed by atoms with E-state index in [0.29, 0.717) is 10.6 Å². The SMILES string of the molecule is CCCCSc1[nH]c(=O)c(C(=O)OCC)cc1C#N. The van der Waals surface area contributed by atoms with Crippen LogP contribution in [0.2, 0.25) is 0 Å². The summed E-state index contributed by atoms with van der Waals surface area (Å²) in [6.45, 7) is 3.91. The molecule has 1 aromatic rings. The number of carbonyl (C=O) groups excluding carboxylic acids is 1. The molecular weight excluding hydrogens is 264 g/mol. The number of thioether (sulfide) groups is 1. The van der Waals surface area contributed by atoms with Crippen LogP contribution in [0.15, 0.2) is 15.9 Å². The van der Waals surface area contributed by atoms with Gasteiger partial charge in [0.2, 0.25) is 0 Å². The Morgan fingerprint density at radius 3 is 2.84 bits per heavy atom. The van der Waals surface area contributed by atoms with Gasteiger partial charge in [0, 0.05) is 0 Å². The van der Waals surface area contributed by atoms with Crippen LogP contribution < -0.4 is 5.56 Å². The average molecular weight is 280 g/mol. The standard InChI is InChI=1S/C13H16N2O3S/c1-3-5-6-19-12-9(8-14)7-10(11(16)15-12)13(17)18-4-2/h7H,3-6H2,1-2H3,(H,15,16). The van der Waals surface area contributed by atoms with Crippen LogP contribution in [0.3, 0.4) is 0 Å². The molecule has 0 atom stereocenters. The maximum absolute atomic E-state index is 11.8. The third-order valence-corrected chi connectivity index (χ3v) is 3.47. The number of nitrogens with one attached hydrogen (secondary N) is 1. The molecule has 0 saturated carbocycles. The van der Waals surface area contributed by atoms with Crippen LogP contribution in [0.1, 0.15) is 42.6 Å². The van der Waals surface area contributed by atoms with Crippen molar-refractivity contribution in [2.45, 2.75) is 31.7 Å². The van der Waals surface area contributed by atoms with Crippen molar-refractivity contribution >= 4 is 17.7 Å². The van der Waals surface area contributed by atoms with Crippen molar-refractivity contribution in [2.24, 2.45) is 0 Å². The molecule has 0 saturated heterocycles. The molecule has 0 aromatic carbocycles. The van der Waals surface area contributed by atoms with E-state index >= 15 is 0 Å². The second-order valence-corrected chi connectivity index (χ2v) is 4.89. The summed E-state index contributed by atoms with van der Waals surface area (Å²) in [4.78, 5) is 25.9. The van der Waals surface area contributed by atoms with Gasteiger partial charge in [-0.1, -0.05) is 13.3 Å². The Balaban J connectivity index is 3.04. The molecule has 0 unspecified atom stereocenters. The van der Waals surface area contributed by atoms with E-state index in [-0.39, 0.29) is 12.2 Å². The minimum atomic E-state index is -0.703. The van der Waals surface area contributed by atoms with E-state index in [9.17, 15) is 9.59 Å². The number of nitrogens with zero attached hydrogens (tertiary/aromatic N) is 1. The Morgan fingerprint density at radius 1 is 1.53 bits per heavy atom. The normalized spacial score (nSPS) is 9.95. The van der Waals surface area contributed by atoms with Crippen LogP contribution >= 0.6 is 11.8 Å². The number of aromatic amines is 1. The summed E-state index contributed by atoms with van der Waals surface area (Å²) in [6.07, 6.45) is 2.04. The van der Waals surface area contributed by atoms with Crippen LogP contribution in [0.5, 0.6) is 0 Å². The molecule has 6 heteroatoms. The quantitative estimate of drug-likeness (QED) is 0.491. The molecule has 0 aliphatic carbocycles. The first-order chi connectivity index (χ1) is 9.13. The number of aromatic nitrogens is 1. The summed E-state index contributed by atoms with van der Waals surface area (Å²) in [7, 11) is 0. The zero-order valence-corrected chi connectivity index (χ0v) is 11.8. The Kier molecular flexibility index (Phi) is 6.16. The number of hydrogen-bond donors (Lipinski definition) is 1. The van der Waals surface area contributed by atoms with Crippen molar-refractivity contribution in [2.75, 3.05) is 12.4 Å². The van der Waals surface area contributed by atoms with E-state index < -0.39 is 11.5 Å². The van der Waals surface area contributed by atoms with Crippen LogP contribution in [0.25, 0.3) is 0 Å². The predicted molar refractivity (Wildman–Crippen MR) is 73.4 cm³/mol. The zero-order chi connectivity index (χ0) is 14.3. The van der Waals surface area contributed by atoms with Gasteiger partial charge in [-0.15, -0.1) is 11.8 Å². The molecule has 19 heavy (non-hydrogen) atoms. The number of unbranched alkanes of at least 4 members (excludes halogenated alkanes) is 1. The molecule has 5 nitrogen and oxygen atoms in total. The summed E-state index contributed by atoms with van der Waals surface area (Å²) in [6, 6.07) is 3.29. The van der Waals surface area contributed by atoms with Gasteiger partial charge in [-0.2, -0.15) is 5.26 Å². The van der Waals surface area contributed by atoms with E-state index in [1.165, 1.54) is 17.8 Å². The number of pyridine rings is 1. The van der Waals surface area contributed by atoms with Crippen molar-refractivity contribution in [3.63, 3.8) is 0 Å². The first-order valence-electron chi connectivity index (χ1n) is 6.11. The smallest absolute Gasteiger partial charge is 0.343 e. The van der Waals surface area contributed by atoms with Crippen LogP contribution in [-0.4, -0.2) is 23.3 Å². The molecule has 0 fully saturated rings. The lowest BCUT2D eigenvalue weighted by Crippen LogP contribution is -2.21. The van der Waals surface area contributed by atoms with Crippen molar-refractivity contribution in [3.05, 3.63) is 27.5 Å². The highest BCUT2D eigenvalue weighted by atomic mass is 32.2. The van der Waals surface area contributed by atoms with Gasteiger partial charge in [-0.25, -0.2) is 4.79 Å². The van der Waals surface area contributed by atoms with Gasteiger partial charge in [-0.05, 0) is 25.2 Å². The summed E-state index contributed by atoms with van der Waals surface area (Å²) < 4.78 is 4.77. The Bertz CT molecular complexity index is 546. The second kappa shape index (κ2) is 7.64. The molecule has 0 amide bonds. The van der Waals surface area contributed by atoms with Crippen LogP contribution in [0, 0.1) is 11.3 Å². The average Bonchev–Trinajstić information content (AvgIpc) is 2.39. The van der Waals surface area contributed by atoms with Gasteiger partial charge in [0.05, 0.1) is 17.2 Å². The zero-order valence-electron chi connectivity index (χ0n) is 11.0. The molecule has 1 rings (SSSR count). The number of rotatable bonds is 6. The minimum Gasteiger partial charge on any atom is -0.462 e. The van der Waals surface area contributed by atoms with Crippen LogP contribution in [0.4, 0.5) is 0 Å². The maximum atomic E-state index is 11.8. The van der Waals surface area contributed by atoms with E-state index in [1.807, 2.05) is 6.07 Å². The van der Waals surface area contributed by atoms with E-state index in [1.54, 1.807) is 6.92 Å². The van der Waals surface area contributed by atoms with Gasteiger partial charge in [0.15, 0.2) is 0 Å². The summed E-state index contributed by atoms with van der Waals surface area (Å²) in [5.41, 5.74) is -0.349. The molecule has 1 N–H and O–H groups in total. The van der Waals surface area contributed by atoms with Gasteiger partial charge < -0.3 is 9.72 Å². The number of carbonyl (C=O) groups is 1. The van der Waals surface area contributed by atoms with E-state index in [0.717, 1.165) is 18.6 Å². The van der Waals surface area contributed by atoms with Gasteiger partial charge in [0.1, 0.15) is 11.6 Å². The van der Waals surface area contributed by atoms with Gasteiger partial charge in [-0.3, -0.25) is 4.79 Å². The molecule has 1 aromatic heterocycles. The third-order valence-electron chi connectivity index (χ3n) is 2.37. The van der Waals surface area contributed by atoms with Crippen molar-refractivity contribution in [1.82, 2.24) is 4.98 Å². The highest BCUT2D eigenvalue weighted by Crippen LogP contribution is 2.20. The fraction of sp³-hybridized carbons (Fsp3) is 0.462. The highest BCUT2D eigenvalue weighted by molar-refractivity contribution is 7.99. The van der Waals surface area contributed by atoms with E-state index in [4.69, 9.17) is 10.00 Å². The highest BCUT2D eigenvalue weighted by Gasteiger charge is 2.15. The van der Waals surface area contributed by atoms with Crippen molar-refractivity contribution in [3.8, 4) is 6.07 Å². The molecule has 0 spiro atoms. The predicted octanol–water partition coefficient (Wildman–Crippen LogP) is 2.32. The number of H-pyrrole nitrogens is 1. The van der Waals surface area contributed by atoms with Crippen molar-refractivity contribution < 1.29 is 9.53 Å². The monoisotopic (exact) mass is 280 g/mol. The Labute approximate surface area is 116 Å². The lowest BCUT2D eigenvalue weighted by Gasteiger charge is -2.06. The first kappa shape index (κ1) is 15.3. The lowest BCUT2D eigenvalue weighted by molar-refractivity contribution is 0.0524. The molecule has 0 aliphatic rings. The third kappa shape index (κ3) is 4.14. The fourth-order valence-electron chi connectivity index (χ4n) is 1.39. The summed E-state index contributed by atoms with van der Waals surface area (Å²) in [5, 5.41) is 9.57. The topological polar surface area (TPSA) is 82.9 Å². The Hall–Kier alpha value is -1.74. The number of esters is 1. The molecular formula is C13H16N2O3S. The molecule has 102 valence electrons. The fourth-order valence-corrected chi connectivity index (χ4v) is 2.45. The summed E-state index contributed by atoms with van der Waals surface area (Å²) >= 11 is 1.41. The maximum Gasteiger partial charge on any atom is 0.343 e. The first-order valence-corrected chi connectivity index (χ1v) is 7.09. The minimum absolute atomic E-state index is 0.127. The number of nitriles is 1. The number of ether oxygens (including phenoxy) is 1. The van der Waals surface area contributed by atoms with Gasteiger partial charge in [0.25, 0.3) is 5.56 Å². The molecule has 0 aliphatic heterocycles.